The number of aryl methyl sites for hydroxylation is 1. The lowest BCUT2D eigenvalue weighted by Gasteiger charge is -2.10. The van der Waals surface area contributed by atoms with E-state index in [1.807, 2.05) is 36.4 Å². The van der Waals surface area contributed by atoms with Crippen molar-refractivity contribution in [2.24, 2.45) is 7.05 Å². The molecule has 0 aliphatic carbocycles. The van der Waals surface area contributed by atoms with Crippen LogP contribution in [-0.2, 0) is 7.05 Å². The molecule has 3 aromatic heterocycles. The Kier molecular flexibility index (Phi) is 4.05. The van der Waals surface area contributed by atoms with Crippen LogP contribution in [0.5, 0.6) is 5.75 Å². The van der Waals surface area contributed by atoms with Crippen LogP contribution >= 0.6 is 0 Å². The summed E-state index contributed by atoms with van der Waals surface area (Å²) in [6.07, 6.45) is 6.99. The molecule has 144 valence electrons. The molecule has 0 atom stereocenters. The number of nitrogens with zero attached hydrogens (tertiary/aromatic N) is 5. The first-order valence-corrected chi connectivity index (χ1v) is 9.12. The molecule has 1 amide bonds. The molecule has 1 aromatic carbocycles. The maximum absolute atomic E-state index is 12.7. The van der Waals surface area contributed by atoms with E-state index in [4.69, 9.17) is 4.74 Å². The van der Waals surface area contributed by atoms with Crippen molar-refractivity contribution in [2.75, 3.05) is 13.2 Å². The summed E-state index contributed by atoms with van der Waals surface area (Å²) in [4.78, 5) is 21.8. The first kappa shape index (κ1) is 17.1. The van der Waals surface area contributed by atoms with E-state index < -0.39 is 0 Å². The Labute approximate surface area is 165 Å². The predicted octanol–water partition coefficient (Wildman–Crippen LogP) is 2.05. The van der Waals surface area contributed by atoms with Crippen LogP contribution in [0.1, 0.15) is 21.6 Å². The third kappa shape index (κ3) is 3.02. The zero-order valence-electron chi connectivity index (χ0n) is 15.6. The molecular formula is C20H17N7O2. The van der Waals surface area contributed by atoms with Gasteiger partial charge in [0, 0.05) is 12.6 Å². The van der Waals surface area contributed by atoms with Crippen LogP contribution in [0.15, 0.2) is 36.7 Å². The van der Waals surface area contributed by atoms with E-state index in [9.17, 15) is 4.79 Å². The van der Waals surface area contributed by atoms with Gasteiger partial charge in [-0.2, -0.15) is 10.2 Å². The minimum absolute atomic E-state index is 0.255. The normalized spacial score (nSPS) is 15.0. The van der Waals surface area contributed by atoms with Gasteiger partial charge < -0.3 is 10.1 Å². The number of benzene rings is 1. The van der Waals surface area contributed by atoms with Gasteiger partial charge in [-0.25, -0.2) is 9.97 Å². The number of fused-ring (bicyclic) bond motifs is 4. The topological polar surface area (TPSA) is 111 Å². The van der Waals surface area contributed by atoms with Gasteiger partial charge in [0.15, 0.2) is 5.82 Å². The van der Waals surface area contributed by atoms with Crippen molar-refractivity contribution in [2.45, 2.75) is 0 Å². The summed E-state index contributed by atoms with van der Waals surface area (Å²) < 4.78 is 7.46. The molecule has 1 aliphatic rings. The van der Waals surface area contributed by atoms with Crippen molar-refractivity contribution in [1.82, 2.24) is 35.3 Å². The predicted molar refractivity (Wildman–Crippen MR) is 107 cm³/mol. The second-order valence-corrected chi connectivity index (χ2v) is 6.57. The highest BCUT2D eigenvalue weighted by Crippen LogP contribution is 2.25. The van der Waals surface area contributed by atoms with E-state index in [0.29, 0.717) is 47.0 Å². The number of carbonyl (C=O) groups excluding carboxylic acids is 1. The number of nitrogens with one attached hydrogen (secondary N) is 2. The number of rotatable bonds is 0. The molecule has 0 saturated carbocycles. The number of hydrogen-bond acceptors (Lipinski definition) is 6. The van der Waals surface area contributed by atoms with Crippen molar-refractivity contribution in [1.29, 1.82) is 0 Å². The van der Waals surface area contributed by atoms with Gasteiger partial charge in [-0.05, 0) is 18.2 Å². The van der Waals surface area contributed by atoms with Gasteiger partial charge in [-0.1, -0.05) is 18.2 Å². The van der Waals surface area contributed by atoms with Crippen molar-refractivity contribution < 1.29 is 9.53 Å². The highest BCUT2D eigenvalue weighted by atomic mass is 16.5. The molecule has 9 heteroatoms. The Balaban J connectivity index is 1.69. The first-order valence-electron chi connectivity index (χ1n) is 9.12. The highest BCUT2D eigenvalue weighted by Gasteiger charge is 2.21. The summed E-state index contributed by atoms with van der Waals surface area (Å²) >= 11 is 0. The summed E-state index contributed by atoms with van der Waals surface area (Å²) in [6.45, 7) is 0.690. The van der Waals surface area contributed by atoms with Gasteiger partial charge >= 0.3 is 0 Å². The fraction of sp³-hybridized carbons (Fsp3) is 0.150. The van der Waals surface area contributed by atoms with E-state index in [2.05, 4.69) is 30.6 Å². The second kappa shape index (κ2) is 6.86. The Hall–Kier alpha value is -4.01. The number of H-pyrrole nitrogens is 1. The average molecular weight is 387 g/mol. The summed E-state index contributed by atoms with van der Waals surface area (Å²) in [6, 6.07) is 7.70. The molecule has 4 aromatic rings. The van der Waals surface area contributed by atoms with Crippen LogP contribution in [0.4, 0.5) is 0 Å². The molecule has 0 fully saturated rings. The largest absolute Gasteiger partial charge is 0.491 e. The lowest BCUT2D eigenvalue weighted by Crippen LogP contribution is -2.28. The van der Waals surface area contributed by atoms with Crippen LogP contribution in [0.2, 0.25) is 0 Å². The summed E-state index contributed by atoms with van der Waals surface area (Å²) in [5, 5.41) is 14.4. The van der Waals surface area contributed by atoms with E-state index in [0.717, 1.165) is 11.3 Å². The first-order chi connectivity index (χ1) is 14.2. The number of aromatic nitrogens is 6. The van der Waals surface area contributed by atoms with Crippen LogP contribution in [0.3, 0.4) is 0 Å². The molecular weight excluding hydrogens is 370 g/mol. The lowest BCUT2D eigenvalue weighted by atomic mass is 10.1. The quantitative estimate of drug-likeness (QED) is 0.478. The van der Waals surface area contributed by atoms with E-state index in [1.54, 1.807) is 17.9 Å². The van der Waals surface area contributed by atoms with Crippen LogP contribution in [-0.4, -0.2) is 49.0 Å². The fourth-order valence-electron chi connectivity index (χ4n) is 3.27. The average Bonchev–Trinajstić information content (AvgIpc) is 3.32. The third-order valence-corrected chi connectivity index (χ3v) is 4.71. The maximum atomic E-state index is 12.7. The number of para-hydroxylation sites is 1. The van der Waals surface area contributed by atoms with E-state index in [1.165, 1.54) is 6.20 Å². The highest BCUT2D eigenvalue weighted by molar-refractivity contribution is 5.99. The molecule has 0 spiro atoms. The Morgan fingerprint density at radius 3 is 3.00 bits per heavy atom. The molecule has 0 saturated heterocycles. The molecule has 9 nitrogen and oxygen atoms in total. The molecule has 2 N–H and O–H groups in total. The number of hydrogen-bond donors (Lipinski definition) is 2. The van der Waals surface area contributed by atoms with Gasteiger partial charge in [0.2, 0.25) is 0 Å². The number of carbonyl (C=O) groups is 1. The minimum Gasteiger partial charge on any atom is -0.491 e. The molecule has 0 radical (unpaired) electrons. The van der Waals surface area contributed by atoms with Crippen molar-refractivity contribution in [3.05, 3.63) is 53.5 Å². The summed E-state index contributed by atoms with van der Waals surface area (Å²) in [5.41, 5.74) is 3.89. The van der Waals surface area contributed by atoms with E-state index in [-0.39, 0.29) is 5.91 Å². The van der Waals surface area contributed by atoms with Crippen molar-refractivity contribution in [3.63, 3.8) is 0 Å². The Morgan fingerprint density at radius 1 is 1.17 bits per heavy atom. The van der Waals surface area contributed by atoms with Gasteiger partial charge in [-0.15, -0.1) is 0 Å². The number of aromatic amines is 1. The molecule has 0 unspecified atom stereocenters. The smallest absolute Gasteiger partial charge is 0.255 e. The molecule has 4 heterocycles. The monoisotopic (exact) mass is 387 g/mol. The zero-order valence-corrected chi connectivity index (χ0v) is 15.6. The third-order valence-electron chi connectivity index (χ3n) is 4.71. The molecule has 5 rings (SSSR count). The van der Waals surface area contributed by atoms with Gasteiger partial charge in [0.1, 0.15) is 34.8 Å². The Bertz CT molecular complexity index is 1250. The standard InChI is InChI=1S/C20H17N7O2/c1-27-18-13(10-23-27)20(28)21-8-9-29-16-5-3-2-4-12(16)6-7-14-17-15(26-25-14)11-22-19(18)24-17/h2-7,10-11H,8-9H2,1H3,(H,21,28)(H,25,26)/b7-6+. The van der Waals surface area contributed by atoms with Crippen molar-refractivity contribution in [3.8, 4) is 17.3 Å². The van der Waals surface area contributed by atoms with Gasteiger partial charge in [0.05, 0.1) is 24.5 Å². The SMILES string of the molecule is Cn1ncc2c1-c1ncc3[nH]nc(c3n1)/C=C/c1ccccc1OCCNC2=O. The van der Waals surface area contributed by atoms with E-state index >= 15 is 0 Å². The van der Waals surface area contributed by atoms with Crippen LogP contribution < -0.4 is 10.1 Å². The summed E-state index contributed by atoms with van der Waals surface area (Å²) in [7, 11) is 1.75. The number of amides is 1. The van der Waals surface area contributed by atoms with Crippen LogP contribution in [0, 0.1) is 0 Å². The fourth-order valence-corrected chi connectivity index (χ4v) is 3.27. The van der Waals surface area contributed by atoms with Crippen LogP contribution in [0.25, 0.3) is 34.7 Å². The zero-order chi connectivity index (χ0) is 19.8. The van der Waals surface area contributed by atoms with Gasteiger partial charge in [0.25, 0.3) is 5.91 Å². The Morgan fingerprint density at radius 2 is 2.07 bits per heavy atom. The molecule has 2 bridgehead atoms. The molecule has 1 aliphatic heterocycles. The maximum Gasteiger partial charge on any atom is 0.255 e. The summed E-state index contributed by atoms with van der Waals surface area (Å²) in [5.74, 6) is 0.879. The number of ether oxygens (including phenoxy) is 1. The lowest BCUT2D eigenvalue weighted by molar-refractivity contribution is 0.0947. The second-order valence-electron chi connectivity index (χ2n) is 6.57. The van der Waals surface area contributed by atoms with Gasteiger partial charge in [-0.3, -0.25) is 14.6 Å². The van der Waals surface area contributed by atoms with Crippen molar-refractivity contribution >= 4 is 29.1 Å². The minimum atomic E-state index is -0.255. The molecule has 29 heavy (non-hydrogen) atoms.